The number of hydrogen-bond acceptors (Lipinski definition) is 8. The van der Waals surface area contributed by atoms with Crippen molar-refractivity contribution in [3.8, 4) is 5.82 Å². The SMILES string of the molecule is Cc1nc2c(N3CCCCC3)c(NC(=O)Nc3cnc(-n4nccn4)c(Cl)c3)cnc2s1. The lowest BCUT2D eigenvalue weighted by atomic mass is 10.1. The number of hydrogen-bond donors (Lipinski definition) is 2. The second-order valence-electron chi connectivity index (χ2n) is 7.38. The maximum Gasteiger partial charge on any atom is 0.323 e. The Hall–Kier alpha value is -3.31. The molecule has 12 heteroatoms. The van der Waals surface area contributed by atoms with E-state index in [9.17, 15) is 4.79 Å². The Balaban J connectivity index is 1.39. The van der Waals surface area contributed by atoms with Gasteiger partial charge in [0.2, 0.25) is 0 Å². The number of amides is 2. The molecule has 0 spiro atoms. The van der Waals surface area contributed by atoms with Gasteiger partial charge in [-0.25, -0.2) is 19.7 Å². The fourth-order valence-electron chi connectivity index (χ4n) is 3.76. The van der Waals surface area contributed by atoms with Crippen LogP contribution in [0.1, 0.15) is 24.3 Å². The van der Waals surface area contributed by atoms with Crippen molar-refractivity contribution in [2.24, 2.45) is 0 Å². The van der Waals surface area contributed by atoms with Gasteiger partial charge in [0.25, 0.3) is 0 Å². The molecular weight excluding hydrogens is 450 g/mol. The zero-order valence-electron chi connectivity index (χ0n) is 17.2. The third-order valence-electron chi connectivity index (χ3n) is 5.11. The normalized spacial score (nSPS) is 14.0. The zero-order chi connectivity index (χ0) is 22.1. The Morgan fingerprint density at radius 2 is 1.88 bits per heavy atom. The fraction of sp³-hybridized carbons (Fsp3) is 0.300. The fourth-order valence-corrected chi connectivity index (χ4v) is 4.76. The first kappa shape index (κ1) is 20.6. The second-order valence-corrected chi connectivity index (χ2v) is 8.97. The number of piperidine rings is 1. The van der Waals surface area contributed by atoms with E-state index in [1.807, 2.05) is 6.92 Å². The summed E-state index contributed by atoms with van der Waals surface area (Å²) < 4.78 is 0. The molecule has 0 aliphatic carbocycles. The number of nitrogens with one attached hydrogen (secondary N) is 2. The topological polar surface area (TPSA) is 114 Å². The Morgan fingerprint density at radius 3 is 2.62 bits per heavy atom. The van der Waals surface area contributed by atoms with Gasteiger partial charge in [-0.15, -0.1) is 4.80 Å². The van der Waals surface area contributed by atoms with Gasteiger partial charge in [-0.2, -0.15) is 10.2 Å². The van der Waals surface area contributed by atoms with Crippen LogP contribution < -0.4 is 15.5 Å². The Kier molecular flexibility index (Phi) is 5.58. The summed E-state index contributed by atoms with van der Waals surface area (Å²) in [6.45, 7) is 3.81. The molecule has 0 aromatic carbocycles. The molecular formula is C20H20ClN9OS. The number of thiazole rings is 1. The average molecular weight is 470 g/mol. The van der Waals surface area contributed by atoms with E-state index in [1.54, 1.807) is 23.6 Å². The van der Waals surface area contributed by atoms with Crippen LogP contribution in [-0.4, -0.2) is 49.1 Å². The molecule has 0 saturated carbocycles. The van der Waals surface area contributed by atoms with Crippen molar-refractivity contribution >= 4 is 56.4 Å². The summed E-state index contributed by atoms with van der Waals surface area (Å²) in [4.78, 5) is 30.7. The summed E-state index contributed by atoms with van der Waals surface area (Å²) in [5.41, 5.74) is 2.82. The van der Waals surface area contributed by atoms with Gasteiger partial charge < -0.3 is 15.5 Å². The van der Waals surface area contributed by atoms with E-state index in [2.05, 4.69) is 40.7 Å². The quantitative estimate of drug-likeness (QED) is 0.459. The number of urea groups is 1. The van der Waals surface area contributed by atoms with Crippen molar-refractivity contribution in [1.29, 1.82) is 0 Å². The molecule has 1 aliphatic rings. The summed E-state index contributed by atoms with van der Waals surface area (Å²) in [5, 5.41) is 15.0. The zero-order valence-corrected chi connectivity index (χ0v) is 18.8. The Labute approximate surface area is 192 Å². The van der Waals surface area contributed by atoms with E-state index in [4.69, 9.17) is 11.6 Å². The minimum Gasteiger partial charge on any atom is -0.368 e. The number of fused-ring (bicyclic) bond motifs is 1. The molecule has 5 heterocycles. The molecule has 1 fully saturated rings. The monoisotopic (exact) mass is 469 g/mol. The molecule has 0 radical (unpaired) electrons. The van der Waals surface area contributed by atoms with Gasteiger partial charge in [-0.1, -0.05) is 22.9 Å². The van der Waals surface area contributed by atoms with Crippen LogP contribution in [0.15, 0.2) is 30.9 Å². The van der Waals surface area contributed by atoms with Gasteiger partial charge in [-0.3, -0.25) is 0 Å². The Morgan fingerprint density at radius 1 is 1.09 bits per heavy atom. The summed E-state index contributed by atoms with van der Waals surface area (Å²) in [6.07, 6.45) is 9.70. The van der Waals surface area contributed by atoms with Crippen molar-refractivity contribution in [3.63, 3.8) is 0 Å². The lowest BCUT2D eigenvalue weighted by Crippen LogP contribution is -2.31. The van der Waals surface area contributed by atoms with E-state index in [-0.39, 0.29) is 0 Å². The first-order valence-corrected chi connectivity index (χ1v) is 11.4. The van der Waals surface area contributed by atoms with Gasteiger partial charge in [0, 0.05) is 13.1 Å². The molecule has 10 nitrogen and oxygen atoms in total. The van der Waals surface area contributed by atoms with Crippen molar-refractivity contribution in [3.05, 3.63) is 40.9 Å². The largest absolute Gasteiger partial charge is 0.368 e. The molecule has 5 rings (SSSR count). The predicted molar refractivity (Wildman–Crippen MR) is 125 cm³/mol. The number of nitrogens with zero attached hydrogens (tertiary/aromatic N) is 7. The van der Waals surface area contributed by atoms with Crippen LogP contribution in [0.3, 0.4) is 0 Å². The number of pyridine rings is 2. The van der Waals surface area contributed by atoms with Gasteiger partial charge in [0.1, 0.15) is 10.3 Å². The molecule has 4 aromatic rings. The first-order valence-electron chi connectivity index (χ1n) is 10.2. The maximum atomic E-state index is 12.8. The number of aromatic nitrogens is 6. The van der Waals surface area contributed by atoms with Crippen LogP contribution in [-0.2, 0) is 0 Å². The van der Waals surface area contributed by atoms with Gasteiger partial charge in [-0.05, 0) is 32.3 Å². The summed E-state index contributed by atoms with van der Waals surface area (Å²) in [6, 6.07) is 1.18. The molecule has 0 bridgehead atoms. The van der Waals surface area contributed by atoms with E-state index in [0.29, 0.717) is 22.2 Å². The second kappa shape index (κ2) is 8.67. The minimum absolute atomic E-state index is 0.314. The van der Waals surface area contributed by atoms with E-state index >= 15 is 0 Å². The van der Waals surface area contributed by atoms with Gasteiger partial charge >= 0.3 is 6.03 Å². The molecule has 2 amide bonds. The average Bonchev–Trinajstić information content (AvgIpc) is 3.43. The third kappa shape index (κ3) is 4.08. The van der Waals surface area contributed by atoms with Crippen LogP contribution >= 0.6 is 22.9 Å². The number of halogens is 1. The third-order valence-corrected chi connectivity index (χ3v) is 6.27. The van der Waals surface area contributed by atoms with Gasteiger partial charge in [0.15, 0.2) is 5.82 Å². The molecule has 4 aromatic heterocycles. The van der Waals surface area contributed by atoms with Crippen LogP contribution in [0.25, 0.3) is 16.2 Å². The molecule has 1 saturated heterocycles. The van der Waals surface area contributed by atoms with Crippen molar-refractivity contribution in [2.75, 3.05) is 28.6 Å². The summed E-state index contributed by atoms with van der Waals surface area (Å²) in [7, 11) is 0. The molecule has 0 unspecified atom stereocenters. The summed E-state index contributed by atoms with van der Waals surface area (Å²) in [5.74, 6) is 0.378. The number of carbonyl (C=O) groups is 1. The van der Waals surface area contributed by atoms with Crippen LogP contribution in [0.5, 0.6) is 0 Å². The van der Waals surface area contributed by atoms with Crippen LogP contribution in [0.4, 0.5) is 21.9 Å². The van der Waals surface area contributed by atoms with Gasteiger partial charge in [0.05, 0.1) is 51.9 Å². The Bertz CT molecular complexity index is 1270. The van der Waals surface area contributed by atoms with Crippen molar-refractivity contribution in [2.45, 2.75) is 26.2 Å². The van der Waals surface area contributed by atoms with E-state index < -0.39 is 6.03 Å². The lowest BCUT2D eigenvalue weighted by Gasteiger charge is -2.30. The molecule has 164 valence electrons. The minimum atomic E-state index is -0.417. The van der Waals surface area contributed by atoms with Crippen molar-refractivity contribution < 1.29 is 4.79 Å². The molecule has 2 N–H and O–H groups in total. The number of rotatable bonds is 4. The highest BCUT2D eigenvalue weighted by atomic mass is 35.5. The molecule has 32 heavy (non-hydrogen) atoms. The van der Waals surface area contributed by atoms with Crippen LogP contribution in [0.2, 0.25) is 5.02 Å². The smallest absolute Gasteiger partial charge is 0.323 e. The van der Waals surface area contributed by atoms with E-state index in [0.717, 1.165) is 47.0 Å². The highest BCUT2D eigenvalue weighted by Crippen LogP contribution is 2.36. The maximum absolute atomic E-state index is 12.8. The predicted octanol–water partition coefficient (Wildman–Crippen LogP) is 4.26. The van der Waals surface area contributed by atoms with Crippen molar-refractivity contribution in [1.82, 2.24) is 29.9 Å². The summed E-state index contributed by atoms with van der Waals surface area (Å²) >= 11 is 7.85. The molecule has 1 aliphatic heterocycles. The number of aryl methyl sites for hydroxylation is 1. The van der Waals surface area contributed by atoms with Crippen LogP contribution in [0, 0.1) is 6.92 Å². The molecule has 0 atom stereocenters. The highest BCUT2D eigenvalue weighted by Gasteiger charge is 2.22. The number of carbonyl (C=O) groups excluding carboxylic acids is 1. The highest BCUT2D eigenvalue weighted by molar-refractivity contribution is 7.18. The first-order chi connectivity index (χ1) is 15.6. The van der Waals surface area contributed by atoms with E-state index in [1.165, 1.54) is 29.8 Å². The number of anilines is 3. The lowest BCUT2D eigenvalue weighted by molar-refractivity contribution is 0.262. The standard InChI is InChI=1S/C20H20ClN9OS/c1-12-26-16-17(29-7-3-2-4-8-29)15(11-23-19(16)32-12)28-20(31)27-13-9-14(21)18(22-10-13)30-24-5-6-25-30/h5-6,9-11H,2-4,7-8H2,1H3,(H2,27,28,31).